The summed E-state index contributed by atoms with van der Waals surface area (Å²) in [4.78, 5) is 48.1. The predicted molar refractivity (Wildman–Crippen MR) is 133 cm³/mol. The summed E-state index contributed by atoms with van der Waals surface area (Å²) in [5, 5.41) is 7.21. The first-order valence-corrected chi connectivity index (χ1v) is 11.5. The summed E-state index contributed by atoms with van der Waals surface area (Å²) in [6, 6.07) is 13.2. The quantitative estimate of drug-likeness (QED) is 0.355. The maximum Gasteiger partial charge on any atom is 0.338 e. The minimum Gasteiger partial charge on any atom is -0.469 e. The molecule has 0 radical (unpaired) electrons. The summed E-state index contributed by atoms with van der Waals surface area (Å²) in [5.74, 6) is -1.56. The van der Waals surface area contributed by atoms with Crippen LogP contribution >= 0.6 is 0 Å². The smallest absolute Gasteiger partial charge is 0.338 e. The molecule has 2 aromatic carbocycles. The fraction of sp³-hybridized carbons (Fsp3) is 0.296. The van der Waals surface area contributed by atoms with Crippen LogP contribution in [0.5, 0.6) is 0 Å². The molecule has 0 fully saturated rings. The van der Waals surface area contributed by atoms with Gasteiger partial charge >= 0.3 is 11.9 Å². The second kappa shape index (κ2) is 11.4. The van der Waals surface area contributed by atoms with E-state index < -0.39 is 18.0 Å². The minimum atomic E-state index is -1.05. The van der Waals surface area contributed by atoms with E-state index in [9.17, 15) is 19.2 Å². The summed E-state index contributed by atoms with van der Waals surface area (Å²) in [6.45, 7) is 6.71. The van der Waals surface area contributed by atoms with Gasteiger partial charge in [0.15, 0.2) is 11.9 Å². The first-order chi connectivity index (χ1) is 17.1. The normalized spacial score (nSPS) is 11.5. The zero-order valence-electron chi connectivity index (χ0n) is 21.0. The molecule has 0 aliphatic carbocycles. The topological polar surface area (TPSA) is 117 Å². The lowest BCUT2D eigenvalue weighted by Gasteiger charge is -2.14. The van der Waals surface area contributed by atoms with Crippen molar-refractivity contribution < 1.29 is 28.7 Å². The highest BCUT2D eigenvalue weighted by atomic mass is 16.5. The molecule has 3 rings (SSSR count). The summed E-state index contributed by atoms with van der Waals surface area (Å²) in [7, 11) is 1.36. The highest BCUT2D eigenvalue weighted by molar-refractivity contribution is 5.99. The standard InChI is InChI=1S/C27H29N3O6/c1-16-24(13-14-25(32)35-5)17(2)30(29-16)23-11-9-20(10-12-23)27(34)36-19(4)26(33)28-22-8-6-7-21(15-22)18(3)31/h6-12,15,19H,13-14H2,1-5H3,(H,28,33). The van der Waals surface area contributed by atoms with E-state index in [1.807, 2.05) is 13.8 Å². The van der Waals surface area contributed by atoms with Gasteiger partial charge in [0.05, 0.1) is 24.1 Å². The number of hydrogen-bond donors (Lipinski definition) is 1. The first kappa shape index (κ1) is 26.3. The monoisotopic (exact) mass is 491 g/mol. The molecule has 9 heteroatoms. The van der Waals surface area contributed by atoms with Gasteiger partial charge < -0.3 is 14.8 Å². The molecule has 1 atom stereocenters. The minimum absolute atomic E-state index is 0.119. The van der Waals surface area contributed by atoms with Crippen molar-refractivity contribution in [1.82, 2.24) is 9.78 Å². The molecule has 1 aromatic heterocycles. The van der Waals surface area contributed by atoms with Crippen molar-refractivity contribution in [3.05, 3.63) is 76.6 Å². The van der Waals surface area contributed by atoms with Gasteiger partial charge in [0.25, 0.3) is 5.91 Å². The third-order valence-electron chi connectivity index (χ3n) is 5.79. The molecule has 36 heavy (non-hydrogen) atoms. The second-order valence-corrected chi connectivity index (χ2v) is 8.36. The number of amides is 1. The van der Waals surface area contributed by atoms with Crippen LogP contribution in [0.3, 0.4) is 0 Å². The van der Waals surface area contributed by atoms with E-state index in [2.05, 4.69) is 10.4 Å². The Morgan fingerprint density at radius 3 is 2.36 bits per heavy atom. The number of Topliss-reactive ketones (excluding diaryl/α,β-unsaturated/α-hetero) is 1. The van der Waals surface area contributed by atoms with E-state index in [0.29, 0.717) is 17.7 Å². The van der Waals surface area contributed by atoms with Gasteiger partial charge in [-0.3, -0.25) is 14.4 Å². The van der Waals surface area contributed by atoms with Crippen LogP contribution in [0.4, 0.5) is 5.69 Å². The number of methoxy groups -OCH3 is 1. The Labute approximate surface area is 209 Å². The lowest BCUT2D eigenvalue weighted by Crippen LogP contribution is -2.30. The van der Waals surface area contributed by atoms with Crippen LogP contribution in [-0.4, -0.2) is 46.6 Å². The molecule has 188 valence electrons. The molecule has 0 spiro atoms. The van der Waals surface area contributed by atoms with Crippen LogP contribution in [0.1, 0.15) is 57.9 Å². The summed E-state index contributed by atoms with van der Waals surface area (Å²) >= 11 is 0. The third-order valence-corrected chi connectivity index (χ3v) is 5.79. The van der Waals surface area contributed by atoms with Gasteiger partial charge in [-0.25, -0.2) is 9.48 Å². The highest BCUT2D eigenvalue weighted by Crippen LogP contribution is 2.20. The third kappa shape index (κ3) is 6.24. The van der Waals surface area contributed by atoms with Gasteiger partial charge in [0.2, 0.25) is 0 Å². The Kier molecular flexibility index (Phi) is 8.37. The summed E-state index contributed by atoms with van der Waals surface area (Å²) in [5.41, 5.74) is 4.61. The SMILES string of the molecule is COC(=O)CCc1c(C)nn(-c2ccc(C(=O)OC(C)C(=O)Nc3cccc(C(C)=O)c3)cc2)c1C. The van der Waals surface area contributed by atoms with Gasteiger partial charge in [-0.2, -0.15) is 5.10 Å². The Morgan fingerprint density at radius 2 is 1.72 bits per heavy atom. The van der Waals surface area contributed by atoms with Crippen molar-refractivity contribution in [3.8, 4) is 5.69 Å². The van der Waals surface area contributed by atoms with Crippen LogP contribution in [-0.2, 0) is 25.5 Å². The molecule has 0 aliphatic heterocycles. The van der Waals surface area contributed by atoms with Crippen molar-refractivity contribution in [2.45, 2.75) is 46.6 Å². The zero-order chi connectivity index (χ0) is 26.4. The Bertz CT molecular complexity index is 1290. The first-order valence-electron chi connectivity index (χ1n) is 11.5. The number of benzene rings is 2. The van der Waals surface area contributed by atoms with Gasteiger partial charge in [-0.15, -0.1) is 0 Å². The number of nitrogens with one attached hydrogen (secondary N) is 1. The van der Waals surface area contributed by atoms with E-state index in [1.54, 1.807) is 53.2 Å². The molecule has 0 saturated heterocycles. The van der Waals surface area contributed by atoms with Crippen molar-refractivity contribution in [2.24, 2.45) is 0 Å². The second-order valence-electron chi connectivity index (χ2n) is 8.36. The predicted octanol–water partition coefficient (Wildman–Crippen LogP) is 3.98. The van der Waals surface area contributed by atoms with E-state index in [1.165, 1.54) is 21.0 Å². The van der Waals surface area contributed by atoms with Crippen LogP contribution in [0, 0.1) is 13.8 Å². The fourth-order valence-corrected chi connectivity index (χ4v) is 3.70. The molecule has 1 amide bonds. The number of aromatic nitrogens is 2. The Balaban J connectivity index is 1.65. The Hall–Kier alpha value is -4.27. The largest absolute Gasteiger partial charge is 0.469 e. The molecule has 1 unspecified atom stereocenters. The molecule has 1 N–H and O–H groups in total. The van der Waals surface area contributed by atoms with Crippen LogP contribution < -0.4 is 5.32 Å². The van der Waals surface area contributed by atoms with Gasteiger partial charge in [-0.1, -0.05) is 12.1 Å². The molecule has 0 aliphatic rings. The maximum absolute atomic E-state index is 12.6. The van der Waals surface area contributed by atoms with E-state index in [0.717, 1.165) is 22.6 Å². The lowest BCUT2D eigenvalue weighted by atomic mass is 10.1. The van der Waals surface area contributed by atoms with Gasteiger partial charge in [0, 0.05) is 23.4 Å². The zero-order valence-corrected chi connectivity index (χ0v) is 21.0. The van der Waals surface area contributed by atoms with Gasteiger partial charge in [-0.05, 0) is 76.1 Å². The number of nitrogens with zero attached hydrogens (tertiary/aromatic N) is 2. The number of anilines is 1. The number of hydrogen-bond acceptors (Lipinski definition) is 7. The van der Waals surface area contributed by atoms with Crippen molar-refractivity contribution >= 4 is 29.3 Å². The number of carbonyl (C=O) groups is 4. The number of rotatable bonds is 9. The van der Waals surface area contributed by atoms with E-state index in [-0.39, 0.29) is 23.7 Å². The molecule has 0 bridgehead atoms. The van der Waals surface area contributed by atoms with Crippen molar-refractivity contribution in [2.75, 3.05) is 12.4 Å². The fourth-order valence-electron chi connectivity index (χ4n) is 3.70. The number of ether oxygens (including phenoxy) is 2. The molecule has 3 aromatic rings. The molecular weight excluding hydrogens is 462 g/mol. The molecule has 0 saturated carbocycles. The van der Waals surface area contributed by atoms with Crippen LogP contribution in [0.25, 0.3) is 5.69 Å². The molecular formula is C27H29N3O6. The highest BCUT2D eigenvalue weighted by Gasteiger charge is 2.20. The maximum atomic E-state index is 12.6. The average Bonchev–Trinajstić information content (AvgIpc) is 3.15. The Morgan fingerprint density at radius 1 is 1.03 bits per heavy atom. The number of carbonyl (C=O) groups excluding carboxylic acids is 4. The number of aryl methyl sites for hydroxylation is 1. The summed E-state index contributed by atoms with van der Waals surface area (Å²) < 4.78 is 11.8. The summed E-state index contributed by atoms with van der Waals surface area (Å²) in [6.07, 6.45) is -0.261. The number of ketones is 1. The van der Waals surface area contributed by atoms with Crippen LogP contribution in [0.15, 0.2) is 48.5 Å². The lowest BCUT2D eigenvalue weighted by molar-refractivity contribution is -0.140. The molecule has 9 nitrogen and oxygen atoms in total. The van der Waals surface area contributed by atoms with Gasteiger partial charge in [0.1, 0.15) is 0 Å². The average molecular weight is 492 g/mol. The van der Waals surface area contributed by atoms with E-state index >= 15 is 0 Å². The van der Waals surface area contributed by atoms with Crippen molar-refractivity contribution in [3.63, 3.8) is 0 Å². The van der Waals surface area contributed by atoms with Crippen LogP contribution in [0.2, 0.25) is 0 Å². The van der Waals surface area contributed by atoms with Crippen molar-refractivity contribution in [1.29, 1.82) is 0 Å². The molecule has 1 heterocycles. The van der Waals surface area contributed by atoms with E-state index in [4.69, 9.17) is 9.47 Å². The number of esters is 2.